The lowest BCUT2D eigenvalue weighted by Gasteiger charge is -2.24. The van der Waals surface area contributed by atoms with Crippen LogP contribution < -0.4 is 5.69 Å². The van der Waals surface area contributed by atoms with E-state index in [1.54, 1.807) is 37.3 Å². The average molecular weight is 338 g/mol. The molecule has 1 aromatic rings. The summed E-state index contributed by atoms with van der Waals surface area (Å²) in [5.74, 6) is -0.486. The topological polar surface area (TPSA) is 98.4 Å². The van der Waals surface area contributed by atoms with Crippen LogP contribution in [-0.2, 0) is 14.2 Å². The highest BCUT2D eigenvalue weighted by Gasteiger charge is 2.55. The zero-order valence-electron chi connectivity index (χ0n) is 14.1. The SMILES string of the molecule is CN(C)/C=N\c1ccn([C@@H]2O[C@H](CO)C3OC(C)(C)OC32)c(=O)n1. The lowest BCUT2D eigenvalue weighted by molar-refractivity contribution is -0.200. The fourth-order valence-corrected chi connectivity index (χ4v) is 2.87. The number of rotatable bonds is 4. The number of aliphatic hydroxyl groups excluding tert-OH is 1. The second-order valence-electron chi connectivity index (χ2n) is 6.50. The van der Waals surface area contributed by atoms with Crippen molar-refractivity contribution in [1.29, 1.82) is 0 Å². The Balaban J connectivity index is 1.87. The highest BCUT2D eigenvalue weighted by Crippen LogP contribution is 2.42. The van der Waals surface area contributed by atoms with Crippen LogP contribution in [0.15, 0.2) is 22.1 Å². The van der Waals surface area contributed by atoms with Crippen molar-refractivity contribution in [3.8, 4) is 0 Å². The standard InChI is InChI=1S/C15H22N4O5/c1-15(2)23-11-9(7-20)22-13(12(11)24-15)19-6-5-10(17-14(19)21)16-8-18(3)4/h5-6,8-9,11-13,20H,7H2,1-4H3/b16-8-/t9-,11?,12?,13-/m1/s1. The van der Waals surface area contributed by atoms with Crippen molar-refractivity contribution in [3.63, 3.8) is 0 Å². The van der Waals surface area contributed by atoms with Gasteiger partial charge in [0.2, 0.25) is 0 Å². The number of fused-ring (bicyclic) bond motifs is 1. The lowest BCUT2D eigenvalue weighted by Crippen LogP contribution is -2.34. The molecule has 1 aromatic heterocycles. The molecule has 0 aliphatic carbocycles. The van der Waals surface area contributed by atoms with Crippen LogP contribution in [0.2, 0.25) is 0 Å². The molecule has 24 heavy (non-hydrogen) atoms. The third-order valence-electron chi connectivity index (χ3n) is 3.82. The van der Waals surface area contributed by atoms with Crippen LogP contribution >= 0.6 is 0 Å². The summed E-state index contributed by atoms with van der Waals surface area (Å²) in [7, 11) is 3.65. The predicted molar refractivity (Wildman–Crippen MR) is 85.2 cm³/mol. The first-order valence-electron chi connectivity index (χ1n) is 7.72. The van der Waals surface area contributed by atoms with Crippen molar-refractivity contribution in [2.45, 2.75) is 44.2 Å². The van der Waals surface area contributed by atoms with Crippen LogP contribution in [0.1, 0.15) is 20.1 Å². The minimum absolute atomic E-state index is 0.218. The minimum Gasteiger partial charge on any atom is -0.394 e. The van der Waals surface area contributed by atoms with Crippen LogP contribution in [0.25, 0.3) is 0 Å². The van der Waals surface area contributed by atoms with Crippen LogP contribution in [0.5, 0.6) is 0 Å². The van der Waals surface area contributed by atoms with Crippen LogP contribution in [0.4, 0.5) is 5.82 Å². The Labute approximate surface area is 139 Å². The van der Waals surface area contributed by atoms with Gasteiger partial charge in [-0.15, -0.1) is 0 Å². The molecule has 132 valence electrons. The zero-order valence-corrected chi connectivity index (χ0v) is 14.1. The second-order valence-corrected chi connectivity index (χ2v) is 6.50. The minimum atomic E-state index is -0.794. The fraction of sp³-hybridized carbons (Fsp3) is 0.667. The van der Waals surface area contributed by atoms with Gasteiger partial charge in [0, 0.05) is 20.3 Å². The Kier molecular flexibility index (Phi) is 4.43. The molecule has 0 bridgehead atoms. The molecule has 2 fully saturated rings. The molecule has 0 saturated carbocycles. The number of hydrogen-bond donors (Lipinski definition) is 1. The molecule has 0 spiro atoms. The summed E-state index contributed by atoms with van der Waals surface area (Å²) in [5, 5.41) is 9.50. The van der Waals surface area contributed by atoms with E-state index >= 15 is 0 Å². The van der Waals surface area contributed by atoms with Gasteiger partial charge in [-0.2, -0.15) is 4.98 Å². The molecular formula is C15H22N4O5. The number of aliphatic imine (C=N–C) groups is 1. The van der Waals surface area contributed by atoms with Gasteiger partial charge in [0.1, 0.15) is 18.3 Å². The Morgan fingerprint density at radius 1 is 1.42 bits per heavy atom. The van der Waals surface area contributed by atoms with Gasteiger partial charge in [0.05, 0.1) is 12.9 Å². The van der Waals surface area contributed by atoms with Gasteiger partial charge in [0.25, 0.3) is 0 Å². The third kappa shape index (κ3) is 3.20. The first-order chi connectivity index (χ1) is 11.3. The van der Waals surface area contributed by atoms with Gasteiger partial charge in [0.15, 0.2) is 17.8 Å². The van der Waals surface area contributed by atoms with Gasteiger partial charge < -0.3 is 24.2 Å². The van der Waals surface area contributed by atoms with Gasteiger partial charge >= 0.3 is 5.69 Å². The first kappa shape index (κ1) is 17.0. The molecule has 0 amide bonds. The summed E-state index contributed by atoms with van der Waals surface area (Å²) >= 11 is 0. The third-order valence-corrected chi connectivity index (χ3v) is 3.82. The maximum absolute atomic E-state index is 12.3. The van der Waals surface area contributed by atoms with E-state index in [2.05, 4.69) is 9.98 Å². The summed E-state index contributed by atoms with van der Waals surface area (Å²) in [5.41, 5.74) is -0.501. The van der Waals surface area contributed by atoms with Gasteiger partial charge in [-0.1, -0.05) is 0 Å². The summed E-state index contributed by atoms with van der Waals surface area (Å²) in [6.07, 6.45) is 0.933. The summed E-state index contributed by atoms with van der Waals surface area (Å²) in [6, 6.07) is 1.62. The van der Waals surface area contributed by atoms with E-state index in [0.29, 0.717) is 5.82 Å². The molecule has 9 nitrogen and oxygen atoms in total. The molecule has 4 atom stereocenters. The number of hydrogen-bond acceptors (Lipinski definition) is 7. The summed E-state index contributed by atoms with van der Waals surface area (Å²) < 4.78 is 18.7. The summed E-state index contributed by atoms with van der Waals surface area (Å²) in [4.78, 5) is 22.1. The molecule has 2 aliphatic heterocycles. The molecule has 2 aliphatic rings. The highest BCUT2D eigenvalue weighted by molar-refractivity contribution is 5.58. The maximum Gasteiger partial charge on any atom is 0.351 e. The fourth-order valence-electron chi connectivity index (χ4n) is 2.87. The Hall–Kier alpha value is -1.81. The van der Waals surface area contributed by atoms with Crippen molar-refractivity contribution >= 4 is 12.2 Å². The zero-order chi connectivity index (χ0) is 17.5. The van der Waals surface area contributed by atoms with E-state index in [9.17, 15) is 9.90 Å². The van der Waals surface area contributed by atoms with Crippen LogP contribution in [0, 0.1) is 0 Å². The molecule has 2 unspecified atom stereocenters. The predicted octanol–water partition coefficient (Wildman–Crippen LogP) is -0.125. The summed E-state index contributed by atoms with van der Waals surface area (Å²) in [6.45, 7) is 3.36. The van der Waals surface area contributed by atoms with Gasteiger partial charge in [-0.25, -0.2) is 9.79 Å². The molecule has 3 heterocycles. The number of aromatic nitrogens is 2. The highest BCUT2D eigenvalue weighted by atomic mass is 16.8. The van der Waals surface area contributed by atoms with Gasteiger partial charge in [-0.05, 0) is 19.9 Å². The molecule has 2 saturated heterocycles. The quantitative estimate of drug-likeness (QED) is 0.603. The molecule has 1 N–H and O–H groups in total. The largest absolute Gasteiger partial charge is 0.394 e. The number of aliphatic hydroxyl groups is 1. The van der Waals surface area contributed by atoms with E-state index in [1.165, 1.54) is 4.57 Å². The first-order valence-corrected chi connectivity index (χ1v) is 7.72. The monoisotopic (exact) mass is 338 g/mol. The van der Waals surface area contributed by atoms with E-state index < -0.39 is 36.0 Å². The van der Waals surface area contributed by atoms with E-state index in [4.69, 9.17) is 14.2 Å². The van der Waals surface area contributed by atoms with Crippen LogP contribution in [-0.4, -0.2) is 70.7 Å². The maximum atomic E-state index is 12.3. The van der Waals surface area contributed by atoms with Crippen molar-refractivity contribution in [3.05, 3.63) is 22.7 Å². The Bertz CT molecular complexity index is 687. The molecule has 0 aromatic carbocycles. The smallest absolute Gasteiger partial charge is 0.351 e. The Morgan fingerprint density at radius 3 is 2.75 bits per heavy atom. The van der Waals surface area contributed by atoms with Crippen molar-refractivity contribution in [1.82, 2.24) is 14.5 Å². The van der Waals surface area contributed by atoms with Crippen molar-refractivity contribution in [2.75, 3.05) is 20.7 Å². The van der Waals surface area contributed by atoms with E-state index in [1.807, 2.05) is 14.1 Å². The molecule has 0 radical (unpaired) electrons. The normalized spacial score (nSPS) is 31.5. The average Bonchev–Trinajstić information content (AvgIpc) is 2.98. The molecule has 9 heteroatoms. The van der Waals surface area contributed by atoms with Crippen molar-refractivity contribution in [2.24, 2.45) is 4.99 Å². The second kappa shape index (κ2) is 6.25. The van der Waals surface area contributed by atoms with Gasteiger partial charge in [-0.3, -0.25) is 4.57 Å². The number of nitrogens with zero attached hydrogens (tertiary/aromatic N) is 4. The molecular weight excluding hydrogens is 316 g/mol. The number of ether oxygens (including phenoxy) is 3. The Morgan fingerprint density at radius 2 is 2.12 bits per heavy atom. The van der Waals surface area contributed by atoms with E-state index in [0.717, 1.165) is 0 Å². The van der Waals surface area contributed by atoms with Crippen molar-refractivity contribution < 1.29 is 19.3 Å². The van der Waals surface area contributed by atoms with Crippen LogP contribution in [0.3, 0.4) is 0 Å². The van der Waals surface area contributed by atoms with E-state index in [-0.39, 0.29) is 6.61 Å². The molecule has 3 rings (SSSR count). The lowest BCUT2D eigenvalue weighted by atomic mass is 10.1.